The van der Waals surface area contributed by atoms with Crippen molar-refractivity contribution in [3.8, 4) is 0 Å². The zero-order chi connectivity index (χ0) is 15.7. The third-order valence-electron chi connectivity index (χ3n) is 5.02. The van der Waals surface area contributed by atoms with Crippen molar-refractivity contribution in [1.29, 1.82) is 0 Å². The van der Waals surface area contributed by atoms with Crippen LogP contribution in [-0.4, -0.2) is 0 Å². The molecule has 1 fully saturated rings. The minimum absolute atomic E-state index is 0.0286. The molecular formula is C19H21F3. The number of rotatable bonds is 3. The zero-order valence-electron chi connectivity index (χ0n) is 12.8. The third kappa shape index (κ3) is 2.86. The van der Waals surface area contributed by atoms with Crippen LogP contribution in [0.15, 0.2) is 24.3 Å². The smallest absolute Gasteiger partial charge is 0.166 e. The van der Waals surface area contributed by atoms with Crippen molar-refractivity contribution in [2.45, 2.75) is 51.4 Å². The SMILES string of the molecule is CCCC1CCC(c2ccc3c(F)c(F)cc(F)c3c2)CC1. The summed E-state index contributed by atoms with van der Waals surface area (Å²) in [5.41, 5.74) is 1.05. The average Bonchev–Trinajstić information content (AvgIpc) is 2.53. The lowest BCUT2D eigenvalue weighted by Crippen LogP contribution is -2.13. The minimum Gasteiger partial charge on any atom is -0.206 e. The molecule has 118 valence electrons. The molecule has 0 aromatic heterocycles. The van der Waals surface area contributed by atoms with Crippen LogP contribution in [0, 0.1) is 23.4 Å². The molecule has 1 saturated carbocycles. The lowest BCUT2D eigenvalue weighted by molar-refractivity contribution is 0.308. The summed E-state index contributed by atoms with van der Waals surface area (Å²) < 4.78 is 40.9. The summed E-state index contributed by atoms with van der Waals surface area (Å²) in [6.07, 6.45) is 7.11. The van der Waals surface area contributed by atoms with Gasteiger partial charge in [0.25, 0.3) is 0 Å². The van der Waals surface area contributed by atoms with Crippen LogP contribution >= 0.6 is 0 Å². The summed E-state index contributed by atoms with van der Waals surface area (Å²) in [4.78, 5) is 0. The van der Waals surface area contributed by atoms with E-state index in [1.165, 1.54) is 31.7 Å². The highest BCUT2D eigenvalue weighted by atomic mass is 19.2. The second-order valence-electron chi connectivity index (χ2n) is 6.47. The highest BCUT2D eigenvalue weighted by Gasteiger charge is 2.22. The van der Waals surface area contributed by atoms with Gasteiger partial charge in [-0.25, -0.2) is 13.2 Å². The van der Waals surface area contributed by atoms with Gasteiger partial charge in [0.2, 0.25) is 0 Å². The average molecular weight is 306 g/mol. The Morgan fingerprint density at radius 3 is 2.32 bits per heavy atom. The Bertz CT molecular complexity index is 670. The second kappa shape index (κ2) is 6.31. The number of benzene rings is 2. The number of halogens is 3. The predicted octanol–water partition coefficient (Wildman–Crippen LogP) is 6.33. The van der Waals surface area contributed by atoms with Crippen molar-refractivity contribution < 1.29 is 13.2 Å². The van der Waals surface area contributed by atoms with E-state index in [2.05, 4.69) is 6.92 Å². The van der Waals surface area contributed by atoms with E-state index in [9.17, 15) is 13.2 Å². The molecule has 0 spiro atoms. The van der Waals surface area contributed by atoms with Crippen LogP contribution in [0.2, 0.25) is 0 Å². The van der Waals surface area contributed by atoms with E-state index in [0.717, 1.165) is 24.3 Å². The fraction of sp³-hybridized carbons (Fsp3) is 0.474. The fourth-order valence-corrected chi connectivity index (χ4v) is 3.78. The monoisotopic (exact) mass is 306 g/mol. The summed E-state index contributed by atoms with van der Waals surface area (Å²) in [5.74, 6) is -1.56. The molecule has 3 heteroatoms. The summed E-state index contributed by atoms with van der Waals surface area (Å²) >= 11 is 0. The maximum absolute atomic E-state index is 13.9. The zero-order valence-corrected chi connectivity index (χ0v) is 12.8. The van der Waals surface area contributed by atoms with Gasteiger partial charge in [-0.3, -0.25) is 0 Å². The first kappa shape index (κ1) is 15.4. The van der Waals surface area contributed by atoms with Crippen LogP contribution in [-0.2, 0) is 0 Å². The van der Waals surface area contributed by atoms with Gasteiger partial charge in [0.05, 0.1) is 0 Å². The second-order valence-corrected chi connectivity index (χ2v) is 6.47. The van der Waals surface area contributed by atoms with Crippen LogP contribution < -0.4 is 0 Å². The molecule has 0 saturated heterocycles. The van der Waals surface area contributed by atoms with Crippen LogP contribution in [0.4, 0.5) is 13.2 Å². The summed E-state index contributed by atoms with van der Waals surface area (Å²) in [6.45, 7) is 2.21. The highest BCUT2D eigenvalue weighted by molar-refractivity contribution is 5.84. The molecule has 0 amide bonds. The predicted molar refractivity (Wildman–Crippen MR) is 83.4 cm³/mol. The molecule has 1 aliphatic rings. The number of hydrogen-bond donors (Lipinski definition) is 0. The molecule has 0 heterocycles. The number of hydrogen-bond acceptors (Lipinski definition) is 0. The lowest BCUT2D eigenvalue weighted by Gasteiger charge is -2.28. The van der Waals surface area contributed by atoms with Crippen molar-refractivity contribution in [2.75, 3.05) is 0 Å². The van der Waals surface area contributed by atoms with Gasteiger partial charge >= 0.3 is 0 Å². The van der Waals surface area contributed by atoms with Gasteiger partial charge in [-0.2, -0.15) is 0 Å². The summed E-state index contributed by atoms with van der Waals surface area (Å²) in [6, 6.07) is 5.69. The van der Waals surface area contributed by atoms with Gasteiger partial charge in [0, 0.05) is 16.8 Å². The first-order valence-corrected chi connectivity index (χ1v) is 8.17. The Balaban J connectivity index is 1.87. The molecule has 22 heavy (non-hydrogen) atoms. The molecule has 0 aliphatic heterocycles. The standard InChI is InChI=1S/C19H21F3/c1-2-3-12-4-6-13(7-5-12)14-8-9-15-16(10-14)17(20)11-18(21)19(15)22/h8-13H,2-7H2,1H3. The normalized spacial score (nSPS) is 22.2. The van der Waals surface area contributed by atoms with Crippen LogP contribution in [0.5, 0.6) is 0 Å². The Morgan fingerprint density at radius 1 is 0.909 bits per heavy atom. The fourth-order valence-electron chi connectivity index (χ4n) is 3.78. The van der Waals surface area contributed by atoms with Crippen molar-refractivity contribution in [1.82, 2.24) is 0 Å². The van der Waals surface area contributed by atoms with Crippen LogP contribution in [0.1, 0.15) is 56.9 Å². The van der Waals surface area contributed by atoms with Gasteiger partial charge < -0.3 is 0 Å². The molecular weight excluding hydrogens is 285 g/mol. The molecule has 3 rings (SSSR count). The molecule has 0 N–H and O–H groups in total. The van der Waals surface area contributed by atoms with E-state index in [1.54, 1.807) is 6.07 Å². The first-order valence-electron chi connectivity index (χ1n) is 8.17. The van der Waals surface area contributed by atoms with Crippen molar-refractivity contribution in [3.63, 3.8) is 0 Å². The topological polar surface area (TPSA) is 0 Å². The van der Waals surface area contributed by atoms with E-state index in [-0.39, 0.29) is 10.8 Å². The van der Waals surface area contributed by atoms with Gasteiger partial charge in [-0.05, 0) is 49.1 Å². The Kier molecular flexibility index (Phi) is 4.42. The lowest BCUT2D eigenvalue weighted by atomic mass is 9.77. The van der Waals surface area contributed by atoms with Crippen molar-refractivity contribution >= 4 is 10.8 Å². The minimum atomic E-state index is -1.13. The molecule has 0 radical (unpaired) electrons. The quantitative estimate of drug-likeness (QED) is 0.581. The molecule has 0 unspecified atom stereocenters. The van der Waals surface area contributed by atoms with E-state index in [0.29, 0.717) is 12.0 Å². The molecule has 0 atom stereocenters. The van der Waals surface area contributed by atoms with E-state index in [4.69, 9.17) is 0 Å². The van der Waals surface area contributed by atoms with Crippen molar-refractivity contribution in [3.05, 3.63) is 47.3 Å². The van der Waals surface area contributed by atoms with Gasteiger partial charge in [-0.1, -0.05) is 31.9 Å². The van der Waals surface area contributed by atoms with Gasteiger partial charge in [0.15, 0.2) is 11.6 Å². The summed E-state index contributed by atoms with van der Waals surface area (Å²) in [5, 5.41) is 0.216. The molecule has 0 nitrogen and oxygen atoms in total. The van der Waals surface area contributed by atoms with E-state index >= 15 is 0 Å². The Hall–Kier alpha value is -1.51. The molecule has 0 bridgehead atoms. The molecule has 2 aromatic carbocycles. The van der Waals surface area contributed by atoms with Gasteiger partial charge in [-0.15, -0.1) is 0 Å². The van der Waals surface area contributed by atoms with E-state index < -0.39 is 17.5 Å². The van der Waals surface area contributed by atoms with Crippen molar-refractivity contribution in [2.24, 2.45) is 5.92 Å². The van der Waals surface area contributed by atoms with E-state index in [1.807, 2.05) is 6.07 Å². The Morgan fingerprint density at radius 2 is 1.64 bits per heavy atom. The van der Waals surface area contributed by atoms with Crippen LogP contribution in [0.25, 0.3) is 10.8 Å². The highest BCUT2D eigenvalue weighted by Crippen LogP contribution is 2.38. The number of fused-ring (bicyclic) bond motifs is 1. The molecule has 1 aliphatic carbocycles. The Labute approximate surface area is 129 Å². The molecule has 2 aromatic rings. The van der Waals surface area contributed by atoms with Gasteiger partial charge in [0.1, 0.15) is 5.82 Å². The maximum atomic E-state index is 13.9. The largest absolute Gasteiger partial charge is 0.206 e. The summed E-state index contributed by atoms with van der Waals surface area (Å²) in [7, 11) is 0. The maximum Gasteiger partial charge on any atom is 0.166 e. The first-order chi connectivity index (χ1) is 10.6. The third-order valence-corrected chi connectivity index (χ3v) is 5.02. The van der Waals surface area contributed by atoms with Crippen LogP contribution in [0.3, 0.4) is 0 Å².